The zero-order chi connectivity index (χ0) is 8.43. The van der Waals surface area contributed by atoms with Gasteiger partial charge in [-0.1, -0.05) is 6.07 Å². The van der Waals surface area contributed by atoms with E-state index in [4.69, 9.17) is 17.3 Å². The molecule has 4 heteroatoms. The molecule has 0 aliphatic carbocycles. The molecule has 0 spiro atoms. The fourth-order valence-corrected chi connectivity index (χ4v) is 1.37. The highest BCUT2D eigenvalue weighted by atomic mass is 127. The Morgan fingerprint density at radius 2 is 2.18 bits per heavy atom. The van der Waals surface area contributed by atoms with Crippen LogP contribution in [0.2, 0.25) is 0 Å². The number of carbonyl (C=O) groups is 1. The number of halogens is 2. The SMILES string of the molecule is Nc1c(I)cccc1C(=O)Cl. The quantitative estimate of drug-likeness (QED) is 0.487. The molecule has 0 aliphatic heterocycles. The van der Waals surface area contributed by atoms with Crippen molar-refractivity contribution in [2.75, 3.05) is 5.73 Å². The summed E-state index contributed by atoms with van der Waals surface area (Å²) in [6.07, 6.45) is 0. The maximum atomic E-state index is 10.7. The molecule has 1 aromatic rings. The molecule has 0 bridgehead atoms. The minimum Gasteiger partial charge on any atom is -0.397 e. The van der Waals surface area contributed by atoms with Gasteiger partial charge >= 0.3 is 0 Å². The van der Waals surface area contributed by atoms with Gasteiger partial charge in [-0.05, 0) is 46.3 Å². The van der Waals surface area contributed by atoms with Crippen molar-refractivity contribution >= 4 is 45.1 Å². The molecule has 0 fully saturated rings. The predicted molar refractivity (Wildman–Crippen MR) is 53.8 cm³/mol. The van der Waals surface area contributed by atoms with Gasteiger partial charge in [-0.3, -0.25) is 4.79 Å². The van der Waals surface area contributed by atoms with Gasteiger partial charge in [0.1, 0.15) is 0 Å². The second-order valence-electron chi connectivity index (χ2n) is 1.97. The molecule has 0 aromatic heterocycles. The summed E-state index contributed by atoms with van der Waals surface area (Å²) in [6.45, 7) is 0. The molecule has 2 nitrogen and oxygen atoms in total. The van der Waals surface area contributed by atoms with E-state index in [0.29, 0.717) is 11.3 Å². The fraction of sp³-hybridized carbons (Fsp3) is 0. The Bertz CT molecular complexity index is 300. The van der Waals surface area contributed by atoms with Crippen LogP contribution in [0, 0.1) is 3.57 Å². The molecule has 0 amide bonds. The lowest BCUT2D eigenvalue weighted by Gasteiger charge is -2.00. The lowest BCUT2D eigenvalue weighted by molar-refractivity contribution is 0.108. The van der Waals surface area contributed by atoms with Gasteiger partial charge in [-0.25, -0.2) is 0 Å². The van der Waals surface area contributed by atoms with Crippen LogP contribution in [0.4, 0.5) is 5.69 Å². The van der Waals surface area contributed by atoms with Crippen molar-refractivity contribution in [3.8, 4) is 0 Å². The first-order chi connectivity index (χ1) is 5.13. The van der Waals surface area contributed by atoms with Crippen LogP contribution in [0.25, 0.3) is 0 Å². The lowest BCUT2D eigenvalue weighted by atomic mass is 10.2. The van der Waals surface area contributed by atoms with Crippen molar-refractivity contribution in [3.05, 3.63) is 27.3 Å². The molecule has 58 valence electrons. The average molecular weight is 281 g/mol. The number of nitrogen functional groups attached to an aromatic ring is 1. The van der Waals surface area contributed by atoms with Crippen molar-refractivity contribution in [2.24, 2.45) is 0 Å². The molecular formula is C7H5ClINO. The van der Waals surface area contributed by atoms with E-state index in [1.165, 1.54) is 0 Å². The summed E-state index contributed by atoms with van der Waals surface area (Å²) in [5.41, 5.74) is 6.40. The van der Waals surface area contributed by atoms with E-state index in [1.807, 2.05) is 28.7 Å². The van der Waals surface area contributed by atoms with Crippen LogP contribution >= 0.6 is 34.2 Å². The number of benzene rings is 1. The Kier molecular flexibility index (Phi) is 2.72. The number of nitrogens with two attached hydrogens (primary N) is 1. The van der Waals surface area contributed by atoms with Crippen LogP contribution in [0.1, 0.15) is 10.4 Å². The minimum atomic E-state index is -0.513. The topological polar surface area (TPSA) is 43.1 Å². The summed E-state index contributed by atoms with van der Waals surface area (Å²) in [6, 6.07) is 5.17. The van der Waals surface area contributed by atoms with E-state index in [9.17, 15) is 4.79 Å². The molecule has 0 heterocycles. The van der Waals surface area contributed by atoms with Crippen molar-refractivity contribution in [2.45, 2.75) is 0 Å². The normalized spacial score (nSPS) is 9.64. The molecule has 0 saturated heterocycles. The first kappa shape index (κ1) is 8.80. The number of rotatable bonds is 1. The van der Waals surface area contributed by atoms with Crippen molar-refractivity contribution in [1.82, 2.24) is 0 Å². The summed E-state index contributed by atoms with van der Waals surface area (Å²) in [4.78, 5) is 10.7. The monoisotopic (exact) mass is 281 g/mol. The summed E-state index contributed by atoms with van der Waals surface area (Å²) in [5.74, 6) is 0. The molecule has 0 atom stereocenters. The molecule has 1 aromatic carbocycles. The van der Waals surface area contributed by atoms with Gasteiger partial charge in [0.05, 0.1) is 11.3 Å². The van der Waals surface area contributed by atoms with Crippen LogP contribution in [0.5, 0.6) is 0 Å². The third-order valence-corrected chi connectivity index (χ3v) is 2.41. The maximum Gasteiger partial charge on any atom is 0.254 e. The van der Waals surface area contributed by atoms with E-state index in [-0.39, 0.29) is 0 Å². The van der Waals surface area contributed by atoms with E-state index in [2.05, 4.69) is 0 Å². The van der Waals surface area contributed by atoms with Crippen LogP contribution in [0.3, 0.4) is 0 Å². The summed E-state index contributed by atoms with van der Waals surface area (Å²) < 4.78 is 0.842. The Morgan fingerprint density at radius 1 is 1.55 bits per heavy atom. The zero-order valence-electron chi connectivity index (χ0n) is 5.47. The van der Waals surface area contributed by atoms with Gasteiger partial charge in [0.25, 0.3) is 5.24 Å². The van der Waals surface area contributed by atoms with E-state index in [1.54, 1.807) is 12.1 Å². The average Bonchev–Trinajstić information content (AvgIpc) is 1.94. The molecular weight excluding hydrogens is 276 g/mol. The standard InChI is InChI=1S/C7H5ClINO/c8-7(11)4-2-1-3-5(9)6(4)10/h1-3H,10H2. The molecule has 11 heavy (non-hydrogen) atoms. The number of para-hydroxylation sites is 1. The second kappa shape index (κ2) is 3.40. The molecule has 0 aliphatic rings. The second-order valence-corrected chi connectivity index (χ2v) is 3.48. The van der Waals surface area contributed by atoms with Gasteiger partial charge in [0.15, 0.2) is 0 Å². The highest BCUT2D eigenvalue weighted by molar-refractivity contribution is 14.1. The summed E-state index contributed by atoms with van der Waals surface area (Å²) in [7, 11) is 0. The molecule has 0 unspecified atom stereocenters. The Morgan fingerprint density at radius 3 is 2.64 bits per heavy atom. The number of anilines is 1. The van der Waals surface area contributed by atoms with Gasteiger partial charge in [0.2, 0.25) is 0 Å². The third-order valence-electron chi connectivity index (χ3n) is 1.26. The summed E-state index contributed by atoms with van der Waals surface area (Å²) >= 11 is 7.31. The Hall–Kier alpha value is -0.290. The van der Waals surface area contributed by atoms with Crippen LogP contribution < -0.4 is 5.73 Å². The van der Waals surface area contributed by atoms with Gasteiger partial charge in [0, 0.05) is 3.57 Å². The number of carbonyl (C=O) groups excluding carboxylic acids is 1. The van der Waals surface area contributed by atoms with Crippen LogP contribution in [0.15, 0.2) is 18.2 Å². The predicted octanol–water partition coefficient (Wildman–Crippen LogP) is 2.25. The Balaban J connectivity index is 3.27. The lowest BCUT2D eigenvalue weighted by Crippen LogP contribution is -1.99. The fourth-order valence-electron chi connectivity index (χ4n) is 0.708. The Labute approximate surface area is 82.9 Å². The minimum absolute atomic E-state index is 0.374. The van der Waals surface area contributed by atoms with Gasteiger partial charge < -0.3 is 5.73 Å². The first-order valence-corrected chi connectivity index (χ1v) is 4.32. The number of hydrogen-bond donors (Lipinski definition) is 1. The summed E-state index contributed by atoms with van der Waals surface area (Å²) in [5, 5.41) is -0.513. The highest BCUT2D eigenvalue weighted by Crippen LogP contribution is 2.20. The van der Waals surface area contributed by atoms with Crippen molar-refractivity contribution < 1.29 is 4.79 Å². The van der Waals surface area contributed by atoms with E-state index < -0.39 is 5.24 Å². The molecule has 2 N–H and O–H groups in total. The zero-order valence-corrected chi connectivity index (χ0v) is 8.39. The van der Waals surface area contributed by atoms with E-state index in [0.717, 1.165) is 3.57 Å². The van der Waals surface area contributed by atoms with Gasteiger partial charge in [-0.15, -0.1) is 0 Å². The molecule has 1 rings (SSSR count). The first-order valence-electron chi connectivity index (χ1n) is 2.86. The van der Waals surface area contributed by atoms with Crippen LogP contribution in [-0.4, -0.2) is 5.24 Å². The van der Waals surface area contributed by atoms with Gasteiger partial charge in [-0.2, -0.15) is 0 Å². The van der Waals surface area contributed by atoms with E-state index >= 15 is 0 Å². The maximum absolute atomic E-state index is 10.7. The van der Waals surface area contributed by atoms with Crippen LogP contribution in [-0.2, 0) is 0 Å². The molecule has 0 radical (unpaired) electrons. The van der Waals surface area contributed by atoms with Crippen molar-refractivity contribution in [1.29, 1.82) is 0 Å². The number of hydrogen-bond acceptors (Lipinski definition) is 2. The molecule has 0 saturated carbocycles. The third kappa shape index (κ3) is 1.84. The largest absolute Gasteiger partial charge is 0.397 e. The van der Waals surface area contributed by atoms with Crippen molar-refractivity contribution in [3.63, 3.8) is 0 Å². The smallest absolute Gasteiger partial charge is 0.254 e. The highest BCUT2D eigenvalue weighted by Gasteiger charge is 2.07.